The zero-order valence-electron chi connectivity index (χ0n) is 14.7. The second-order valence-corrected chi connectivity index (χ2v) is 5.71. The van der Waals surface area contributed by atoms with Gasteiger partial charge in [0.2, 0.25) is 0 Å². The first kappa shape index (κ1) is 18.3. The van der Waals surface area contributed by atoms with Crippen LogP contribution in [0.5, 0.6) is 11.5 Å². The summed E-state index contributed by atoms with van der Waals surface area (Å²) < 4.78 is 20.4. The molecule has 134 valence electrons. The molecule has 2 rings (SSSR count). The van der Waals surface area contributed by atoms with Crippen LogP contribution in [0, 0.1) is 0 Å². The molecule has 0 fully saturated rings. The number of nitrogens with one attached hydrogen (secondary N) is 1. The van der Waals surface area contributed by atoms with E-state index in [4.69, 9.17) is 14.0 Å². The van der Waals surface area contributed by atoms with E-state index in [1.54, 1.807) is 25.3 Å². The second kappa shape index (κ2) is 7.25. The van der Waals surface area contributed by atoms with E-state index in [9.17, 15) is 9.59 Å². The Morgan fingerprint density at radius 2 is 1.84 bits per heavy atom. The Kier molecular flexibility index (Phi) is 5.31. The van der Waals surface area contributed by atoms with Crippen molar-refractivity contribution in [2.45, 2.75) is 19.4 Å². The van der Waals surface area contributed by atoms with E-state index < -0.39 is 17.4 Å². The summed E-state index contributed by atoms with van der Waals surface area (Å²) in [7, 11) is 4.31. The van der Waals surface area contributed by atoms with Crippen LogP contribution >= 0.6 is 0 Å². The van der Waals surface area contributed by atoms with Crippen LogP contribution < -0.4 is 14.8 Å². The smallest absolute Gasteiger partial charge is 0.330 e. The molecule has 0 aliphatic rings. The van der Waals surface area contributed by atoms with Crippen LogP contribution in [0.15, 0.2) is 28.8 Å². The molecule has 1 N–H and O–H groups in total. The van der Waals surface area contributed by atoms with Crippen molar-refractivity contribution >= 4 is 11.9 Å². The van der Waals surface area contributed by atoms with Gasteiger partial charge in [-0.25, -0.2) is 4.79 Å². The monoisotopic (exact) mass is 348 g/mol. The van der Waals surface area contributed by atoms with Gasteiger partial charge in [-0.15, -0.1) is 0 Å². The molecule has 1 amide bonds. The zero-order chi connectivity index (χ0) is 18.6. The van der Waals surface area contributed by atoms with Gasteiger partial charge in [0.15, 0.2) is 11.5 Å². The molecule has 1 heterocycles. The number of esters is 1. The number of carbonyl (C=O) groups excluding carboxylic acids is 2. The van der Waals surface area contributed by atoms with E-state index in [2.05, 4.69) is 15.2 Å². The SMILES string of the molecule is COC(=O)C(C)(C)NC(=O)c1cc(-c2cc(OC)ccc2OC)on1. The van der Waals surface area contributed by atoms with Gasteiger partial charge in [-0.2, -0.15) is 0 Å². The van der Waals surface area contributed by atoms with Crippen LogP contribution in [-0.2, 0) is 9.53 Å². The Labute approximate surface area is 145 Å². The second-order valence-electron chi connectivity index (χ2n) is 5.71. The summed E-state index contributed by atoms with van der Waals surface area (Å²) in [6.45, 7) is 3.06. The number of ether oxygens (including phenoxy) is 3. The number of benzene rings is 1. The molecule has 0 saturated carbocycles. The van der Waals surface area contributed by atoms with Gasteiger partial charge in [0, 0.05) is 6.07 Å². The first-order valence-corrected chi connectivity index (χ1v) is 7.42. The number of methoxy groups -OCH3 is 3. The van der Waals surface area contributed by atoms with Crippen molar-refractivity contribution in [2.24, 2.45) is 0 Å². The Bertz CT molecular complexity index is 781. The number of hydrogen-bond acceptors (Lipinski definition) is 7. The summed E-state index contributed by atoms with van der Waals surface area (Å²) in [5, 5.41) is 6.30. The van der Waals surface area contributed by atoms with Gasteiger partial charge in [0.25, 0.3) is 5.91 Å². The van der Waals surface area contributed by atoms with E-state index in [-0.39, 0.29) is 5.69 Å². The third kappa shape index (κ3) is 3.90. The third-order valence-electron chi connectivity index (χ3n) is 3.54. The third-order valence-corrected chi connectivity index (χ3v) is 3.54. The standard InChI is InChI=1S/C17H20N2O6/c1-17(2,16(21)24-5)18-15(20)12-9-14(25-19-12)11-8-10(22-3)6-7-13(11)23-4/h6-9H,1-5H3,(H,18,20). The van der Waals surface area contributed by atoms with E-state index in [1.165, 1.54) is 34.1 Å². The number of aromatic nitrogens is 1. The van der Waals surface area contributed by atoms with Crippen molar-refractivity contribution in [3.63, 3.8) is 0 Å². The number of amides is 1. The summed E-state index contributed by atoms with van der Waals surface area (Å²) in [6, 6.07) is 6.63. The fourth-order valence-corrected chi connectivity index (χ4v) is 2.17. The summed E-state index contributed by atoms with van der Waals surface area (Å²) in [4.78, 5) is 24.0. The molecule has 25 heavy (non-hydrogen) atoms. The molecule has 0 aliphatic heterocycles. The van der Waals surface area contributed by atoms with Gasteiger partial charge in [-0.1, -0.05) is 5.16 Å². The highest BCUT2D eigenvalue weighted by atomic mass is 16.5. The molecular formula is C17H20N2O6. The van der Waals surface area contributed by atoms with Crippen molar-refractivity contribution in [3.8, 4) is 22.8 Å². The van der Waals surface area contributed by atoms with Gasteiger partial charge in [0.05, 0.1) is 26.9 Å². The molecule has 0 aliphatic carbocycles. The molecule has 1 aromatic heterocycles. The molecule has 0 radical (unpaired) electrons. The van der Waals surface area contributed by atoms with Crippen LogP contribution in [0.1, 0.15) is 24.3 Å². The minimum Gasteiger partial charge on any atom is -0.497 e. The molecular weight excluding hydrogens is 328 g/mol. The minimum atomic E-state index is -1.20. The van der Waals surface area contributed by atoms with Gasteiger partial charge >= 0.3 is 5.97 Å². The summed E-state index contributed by atoms with van der Waals surface area (Å²) >= 11 is 0. The van der Waals surface area contributed by atoms with Crippen LogP contribution in [-0.4, -0.2) is 43.9 Å². The first-order valence-electron chi connectivity index (χ1n) is 7.42. The van der Waals surface area contributed by atoms with E-state index >= 15 is 0 Å². The molecule has 1 aromatic carbocycles. The lowest BCUT2D eigenvalue weighted by Crippen LogP contribution is -2.50. The molecule has 0 spiro atoms. The summed E-state index contributed by atoms with van der Waals surface area (Å²) in [5.41, 5.74) is -0.587. The van der Waals surface area contributed by atoms with Gasteiger partial charge in [0.1, 0.15) is 17.0 Å². The first-order chi connectivity index (χ1) is 11.8. The Morgan fingerprint density at radius 3 is 2.44 bits per heavy atom. The fraction of sp³-hybridized carbons (Fsp3) is 0.353. The van der Waals surface area contributed by atoms with E-state index in [0.29, 0.717) is 22.8 Å². The molecule has 0 saturated heterocycles. The molecule has 0 bridgehead atoms. The largest absolute Gasteiger partial charge is 0.497 e. The van der Waals surface area contributed by atoms with E-state index in [1.807, 2.05) is 0 Å². The van der Waals surface area contributed by atoms with Crippen molar-refractivity contribution in [2.75, 3.05) is 21.3 Å². The lowest BCUT2D eigenvalue weighted by molar-refractivity contribution is -0.146. The highest BCUT2D eigenvalue weighted by molar-refractivity contribution is 5.97. The van der Waals surface area contributed by atoms with Crippen molar-refractivity contribution in [3.05, 3.63) is 30.0 Å². The molecule has 8 heteroatoms. The van der Waals surface area contributed by atoms with Crippen molar-refractivity contribution in [1.82, 2.24) is 10.5 Å². The Morgan fingerprint density at radius 1 is 1.12 bits per heavy atom. The maximum atomic E-state index is 12.3. The molecule has 2 aromatic rings. The van der Waals surface area contributed by atoms with Crippen molar-refractivity contribution < 1.29 is 28.3 Å². The summed E-state index contributed by atoms with van der Waals surface area (Å²) in [5.74, 6) is 0.340. The molecule has 8 nitrogen and oxygen atoms in total. The fourth-order valence-electron chi connectivity index (χ4n) is 2.17. The summed E-state index contributed by atoms with van der Waals surface area (Å²) in [6.07, 6.45) is 0. The minimum absolute atomic E-state index is 0.0249. The molecule has 0 unspecified atom stereocenters. The number of hydrogen-bond donors (Lipinski definition) is 1. The lowest BCUT2D eigenvalue weighted by atomic mass is 10.1. The van der Waals surface area contributed by atoms with Crippen LogP contribution in [0.4, 0.5) is 0 Å². The van der Waals surface area contributed by atoms with Gasteiger partial charge in [-0.05, 0) is 32.0 Å². The average molecular weight is 348 g/mol. The highest BCUT2D eigenvalue weighted by Gasteiger charge is 2.32. The van der Waals surface area contributed by atoms with E-state index in [0.717, 1.165) is 0 Å². The van der Waals surface area contributed by atoms with Crippen LogP contribution in [0.25, 0.3) is 11.3 Å². The predicted molar refractivity (Wildman–Crippen MR) is 88.6 cm³/mol. The lowest BCUT2D eigenvalue weighted by Gasteiger charge is -2.22. The Hall–Kier alpha value is -3.03. The highest BCUT2D eigenvalue weighted by Crippen LogP contribution is 2.33. The zero-order valence-corrected chi connectivity index (χ0v) is 14.7. The number of rotatable bonds is 6. The van der Waals surface area contributed by atoms with Gasteiger partial charge in [-0.3, -0.25) is 4.79 Å². The normalized spacial score (nSPS) is 10.9. The van der Waals surface area contributed by atoms with Gasteiger partial charge < -0.3 is 24.1 Å². The number of nitrogens with zero attached hydrogens (tertiary/aromatic N) is 1. The topological polar surface area (TPSA) is 99.9 Å². The number of carbonyl (C=O) groups is 2. The van der Waals surface area contributed by atoms with Crippen molar-refractivity contribution in [1.29, 1.82) is 0 Å². The van der Waals surface area contributed by atoms with Crippen LogP contribution in [0.3, 0.4) is 0 Å². The predicted octanol–water partition coefficient (Wildman–Crippen LogP) is 2.04. The quantitative estimate of drug-likeness (QED) is 0.797. The molecule has 0 atom stereocenters. The Balaban J connectivity index is 2.28. The average Bonchev–Trinajstić information content (AvgIpc) is 3.10. The maximum absolute atomic E-state index is 12.3. The van der Waals surface area contributed by atoms with Crippen LogP contribution in [0.2, 0.25) is 0 Å². The maximum Gasteiger partial charge on any atom is 0.330 e.